The normalized spacial score (nSPS) is 10.6. The quantitative estimate of drug-likeness (QED) is 0.608. The van der Waals surface area contributed by atoms with Crippen LogP contribution in [0.25, 0.3) is 0 Å². The number of pyridine rings is 1. The van der Waals surface area contributed by atoms with Gasteiger partial charge in [-0.15, -0.1) is 0 Å². The van der Waals surface area contributed by atoms with Crippen LogP contribution in [-0.2, 0) is 6.42 Å². The van der Waals surface area contributed by atoms with Crippen LogP contribution in [0.4, 0.5) is 5.82 Å². The summed E-state index contributed by atoms with van der Waals surface area (Å²) in [5.41, 5.74) is 3.85. The molecule has 2 aromatic rings. The Morgan fingerprint density at radius 2 is 1.91 bits per heavy atom. The monoisotopic (exact) mass is 327 g/mol. The highest BCUT2D eigenvalue weighted by Crippen LogP contribution is 2.15. The van der Waals surface area contributed by atoms with Gasteiger partial charge in [0.05, 0.1) is 0 Å². The van der Waals surface area contributed by atoms with Crippen molar-refractivity contribution in [1.29, 1.82) is 0 Å². The average molecular weight is 327 g/mol. The van der Waals surface area contributed by atoms with Gasteiger partial charge in [-0.25, -0.2) is 4.98 Å². The van der Waals surface area contributed by atoms with Gasteiger partial charge in [-0.3, -0.25) is 0 Å². The van der Waals surface area contributed by atoms with Crippen molar-refractivity contribution in [3.8, 4) is 0 Å². The number of aromatic nitrogens is 1. The molecule has 1 aromatic carbocycles. The largest absolute Gasteiger partial charge is 0.362 e. The minimum absolute atomic E-state index is 0.587. The molecule has 0 spiro atoms. The van der Waals surface area contributed by atoms with Crippen LogP contribution in [0.15, 0.2) is 42.6 Å². The molecule has 0 saturated carbocycles. The zero-order valence-electron chi connectivity index (χ0n) is 14.1. The summed E-state index contributed by atoms with van der Waals surface area (Å²) < 4.78 is 0. The summed E-state index contributed by atoms with van der Waals surface area (Å²) in [7, 11) is 0. The fourth-order valence-electron chi connectivity index (χ4n) is 2.33. The predicted octanol–water partition coefficient (Wildman–Crippen LogP) is 4.43. The van der Waals surface area contributed by atoms with Gasteiger partial charge in [0, 0.05) is 12.7 Å². The second kappa shape index (κ2) is 8.63. The summed E-state index contributed by atoms with van der Waals surface area (Å²) >= 11 is 5.31. The van der Waals surface area contributed by atoms with E-state index in [-0.39, 0.29) is 0 Å². The second-order valence-electron chi connectivity index (χ2n) is 6.05. The molecule has 122 valence electrons. The van der Waals surface area contributed by atoms with E-state index in [1.165, 1.54) is 11.1 Å². The molecule has 3 nitrogen and oxygen atoms in total. The van der Waals surface area contributed by atoms with E-state index in [1.807, 2.05) is 19.1 Å². The van der Waals surface area contributed by atoms with Crippen LogP contribution in [-0.4, -0.2) is 16.6 Å². The molecular formula is C19H25N3S. The summed E-state index contributed by atoms with van der Waals surface area (Å²) in [6, 6.07) is 12.8. The Kier molecular flexibility index (Phi) is 6.53. The zero-order chi connectivity index (χ0) is 16.7. The first-order valence-electron chi connectivity index (χ1n) is 8.11. The molecular weight excluding hydrogens is 302 g/mol. The highest BCUT2D eigenvalue weighted by Gasteiger charge is 2.02. The summed E-state index contributed by atoms with van der Waals surface area (Å²) in [5, 5.41) is 7.00. The first kappa shape index (κ1) is 17.4. The third-order valence-electron chi connectivity index (χ3n) is 3.82. The summed E-state index contributed by atoms with van der Waals surface area (Å²) in [4.78, 5) is 4.28. The standard InChI is InChI=1S/C19H25N3S/c1-14(2)17-10-8-16(9-11-17)7-5-13-21-19(23)22-18-15(3)6-4-12-20-18/h4,6,8-12,14H,5,7,13H2,1-3H3,(H2,20,21,22,23). The van der Waals surface area contributed by atoms with E-state index >= 15 is 0 Å². The molecule has 23 heavy (non-hydrogen) atoms. The van der Waals surface area contributed by atoms with Gasteiger partial charge in [0.1, 0.15) is 5.82 Å². The van der Waals surface area contributed by atoms with Crippen LogP contribution in [0, 0.1) is 6.92 Å². The van der Waals surface area contributed by atoms with Crippen molar-refractivity contribution in [2.45, 2.75) is 39.5 Å². The minimum atomic E-state index is 0.587. The van der Waals surface area contributed by atoms with Crippen molar-refractivity contribution in [1.82, 2.24) is 10.3 Å². The third-order valence-corrected chi connectivity index (χ3v) is 4.06. The Morgan fingerprint density at radius 3 is 2.57 bits per heavy atom. The van der Waals surface area contributed by atoms with E-state index in [4.69, 9.17) is 12.2 Å². The molecule has 0 aliphatic rings. The molecule has 2 N–H and O–H groups in total. The summed E-state index contributed by atoms with van der Waals surface area (Å²) in [5.74, 6) is 1.40. The van der Waals surface area contributed by atoms with E-state index in [2.05, 4.69) is 53.7 Å². The number of rotatable bonds is 6. The Bertz CT molecular complexity index is 635. The van der Waals surface area contributed by atoms with E-state index in [0.29, 0.717) is 11.0 Å². The maximum atomic E-state index is 5.31. The van der Waals surface area contributed by atoms with E-state index in [1.54, 1.807) is 6.20 Å². The number of aryl methyl sites for hydroxylation is 2. The molecule has 0 unspecified atom stereocenters. The fourth-order valence-corrected chi connectivity index (χ4v) is 2.53. The number of nitrogens with zero attached hydrogens (tertiary/aromatic N) is 1. The number of thiocarbonyl (C=S) groups is 1. The number of anilines is 1. The molecule has 1 aromatic heterocycles. The van der Waals surface area contributed by atoms with E-state index < -0.39 is 0 Å². The first-order valence-corrected chi connectivity index (χ1v) is 8.52. The van der Waals surface area contributed by atoms with Gasteiger partial charge in [0.2, 0.25) is 0 Å². The SMILES string of the molecule is Cc1cccnc1NC(=S)NCCCc1ccc(C(C)C)cc1. The fraction of sp³-hybridized carbons (Fsp3) is 0.368. The zero-order valence-corrected chi connectivity index (χ0v) is 14.9. The van der Waals surface area contributed by atoms with E-state index in [0.717, 1.165) is 30.8 Å². The van der Waals surface area contributed by atoms with E-state index in [9.17, 15) is 0 Å². The highest BCUT2D eigenvalue weighted by atomic mass is 32.1. The maximum Gasteiger partial charge on any atom is 0.171 e. The number of nitrogens with one attached hydrogen (secondary N) is 2. The van der Waals surface area contributed by atoms with Crippen molar-refractivity contribution in [2.75, 3.05) is 11.9 Å². The van der Waals surface area contributed by atoms with Gasteiger partial charge in [-0.2, -0.15) is 0 Å². The number of hydrogen-bond acceptors (Lipinski definition) is 2. The lowest BCUT2D eigenvalue weighted by Crippen LogP contribution is -2.30. The Morgan fingerprint density at radius 1 is 1.17 bits per heavy atom. The van der Waals surface area contributed by atoms with Crippen LogP contribution in [0.5, 0.6) is 0 Å². The Balaban J connectivity index is 1.70. The average Bonchev–Trinajstić information content (AvgIpc) is 2.54. The van der Waals surface area contributed by atoms with Gasteiger partial charge in [0.25, 0.3) is 0 Å². The molecule has 0 aliphatic heterocycles. The van der Waals surface area contributed by atoms with Crippen molar-refractivity contribution in [3.05, 3.63) is 59.3 Å². The Hall–Kier alpha value is -1.94. The highest BCUT2D eigenvalue weighted by molar-refractivity contribution is 7.80. The lowest BCUT2D eigenvalue weighted by atomic mass is 10.0. The Labute approximate surface area is 144 Å². The van der Waals surface area contributed by atoms with Gasteiger partial charge < -0.3 is 10.6 Å². The smallest absolute Gasteiger partial charge is 0.171 e. The van der Waals surface area contributed by atoms with Crippen molar-refractivity contribution < 1.29 is 0 Å². The topological polar surface area (TPSA) is 37.0 Å². The molecule has 0 amide bonds. The van der Waals surface area contributed by atoms with Crippen LogP contribution in [0.2, 0.25) is 0 Å². The maximum absolute atomic E-state index is 5.31. The van der Waals surface area contributed by atoms with Crippen molar-refractivity contribution in [3.63, 3.8) is 0 Å². The van der Waals surface area contributed by atoms with Crippen LogP contribution < -0.4 is 10.6 Å². The molecule has 0 fully saturated rings. The second-order valence-corrected chi connectivity index (χ2v) is 6.46. The van der Waals surface area contributed by atoms with Gasteiger partial charge in [-0.1, -0.05) is 44.2 Å². The van der Waals surface area contributed by atoms with Crippen LogP contribution in [0.1, 0.15) is 42.9 Å². The number of hydrogen-bond donors (Lipinski definition) is 2. The van der Waals surface area contributed by atoms with Crippen LogP contribution >= 0.6 is 12.2 Å². The third kappa shape index (κ3) is 5.64. The van der Waals surface area contributed by atoms with Gasteiger partial charge in [0.15, 0.2) is 5.11 Å². The molecule has 0 radical (unpaired) electrons. The molecule has 2 rings (SSSR count). The van der Waals surface area contributed by atoms with Gasteiger partial charge >= 0.3 is 0 Å². The molecule has 0 aliphatic carbocycles. The van der Waals surface area contributed by atoms with Gasteiger partial charge in [-0.05, 0) is 60.7 Å². The number of benzene rings is 1. The first-order chi connectivity index (χ1) is 11.1. The minimum Gasteiger partial charge on any atom is -0.362 e. The molecule has 0 bridgehead atoms. The summed E-state index contributed by atoms with van der Waals surface area (Å²) in [6.45, 7) is 7.30. The van der Waals surface area contributed by atoms with Crippen molar-refractivity contribution >= 4 is 23.1 Å². The van der Waals surface area contributed by atoms with Crippen LogP contribution in [0.3, 0.4) is 0 Å². The molecule has 0 saturated heterocycles. The lowest BCUT2D eigenvalue weighted by molar-refractivity contribution is 0.776. The molecule has 0 atom stereocenters. The molecule has 1 heterocycles. The van der Waals surface area contributed by atoms with Crippen molar-refractivity contribution in [2.24, 2.45) is 0 Å². The molecule has 4 heteroatoms. The lowest BCUT2D eigenvalue weighted by Gasteiger charge is -2.11. The predicted molar refractivity (Wildman–Crippen MR) is 102 cm³/mol. The summed E-state index contributed by atoms with van der Waals surface area (Å²) in [6.07, 6.45) is 3.86.